The number of carbonyl (C=O) groups is 1. The number of aromatic nitrogens is 1. The number of rotatable bonds is 5. The van der Waals surface area contributed by atoms with Gasteiger partial charge in [0.2, 0.25) is 15.9 Å². The van der Waals surface area contributed by atoms with Gasteiger partial charge in [-0.25, -0.2) is 13.4 Å². The molecular weight excluding hydrogens is 473 g/mol. The van der Waals surface area contributed by atoms with E-state index in [9.17, 15) is 26.4 Å². The quantitative estimate of drug-likeness (QED) is 0.630. The third-order valence-corrected chi connectivity index (χ3v) is 8.29. The van der Waals surface area contributed by atoms with E-state index >= 15 is 0 Å². The highest BCUT2D eigenvalue weighted by Gasteiger charge is 2.50. The molecule has 1 aromatic carbocycles. The second-order valence-electron chi connectivity index (χ2n) is 8.65. The molecule has 0 atom stereocenters. The van der Waals surface area contributed by atoms with Crippen LogP contribution in [-0.4, -0.2) is 63.7 Å². The van der Waals surface area contributed by atoms with Gasteiger partial charge >= 0.3 is 6.36 Å². The van der Waals surface area contributed by atoms with Crippen molar-refractivity contribution in [1.29, 1.82) is 0 Å². The monoisotopic (exact) mass is 498 g/mol. The number of anilines is 2. The van der Waals surface area contributed by atoms with Crippen molar-refractivity contribution in [2.24, 2.45) is 5.41 Å². The molecule has 1 amide bonds. The van der Waals surface area contributed by atoms with Gasteiger partial charge in [-0.05, 0) is 55.7 Å². The van der Waals surface area contributed by atoms with E-state index in [1.54, 1.807) is 30.0 Å². The molecule has 0 bridgehead atoms. The summed E-state index contributed by atoms with van der Waals surface area (Å²) in [6.45, 7) is 0.808. The summed E-state index contributed by atoms with van der Waals surface area (Å²) < 4.78 is 69.0. The van der Waals surface area contributed by atoms with Crippen molar-refractivity contribution in [2.45, 2.75) is 30.5 Å². The van der Waals surface area contributed by atoms with Gasteiger partial charge in [-0.1, -0.05) is 0 Å². The van der Waals surface area contributed by atoms with Gasteiger partial charge in [0.25, 0.3) is 0 Å². The molecule has 0 aliphatic carbocycles. The van der Waals surface area contributed by atoms with Crippen LogP contribution in [0.1, 0.15) is 19.3 Å². The predicted octanol–water partition coefficient (Wildman–Crippen LogP) is 3.25. The first kappa shape index (κ1) is 24.3. The average Bonchev–Trinajstić information content (AvgIpc) is 3.09. The van der Waals surface area contributed by atoms with Gasteiger partial charge in [0.1, 0.15) is 16.5 Å². The fourth-order valence-electron chi connectivity index (χ4n) is 4.57. The Labute approximate surface area is 196 Å². The van der Waals surface area contributed by atoms with E-state index in [4.69, 9.17) is 0 Å². The second-order valence-corrected chi connectivity index (χ2v) is 10.6. The lowest BCUT2D eigenvalue weighted by Gasteiger charge is -2.37. The molecule has 8 nitrogen and oxygen atoms in total. The Hall–Kier alpha value is -2.86. The molecule has 2 fully saturated rings. The van der Waals surface area contributed by atoms with Crippen molar-refractivity contribution in [2.75, 3.05) is 43.5 Å². The molecule has 2 aromatic rings. The van der Waals surface area contributed by atoms with E-state index in [1.165, 1.54) is 40.8 Å². The lowest BCUT2D eigenvalue weighted by Crippen LogP contribution is -2.46. The third kappa shape index (κ3) is 4.56. The molecular formula is C22H25F3N4O4S. The Morgan fingerprint density at radius 2 is 1.65 bits per heavy atom. The minimum absolute atomic E-state index is 0.122. The minimum atomic E-state index is -4.79. The van der Waals surface area contributed by atoms with E-state index in [0.29, 0.717) is 37.3 Å². The van der Waals surface area contributed by atoms with Gasteiger partial charge in [0.15, 0.2) is 0 Å². The van der Waals surface area contributed by atoms with Gasteiger partial charge in [-0.3, -0.25) is 4.79 Å². The fraction of sp³-hybridized carbons (Fsp3) is 0.455. The predicted molar refractivity (Wildman–Crippen MR) is 119 cm³/mol. The van der Waals surface area contributed by atoms with Crippen molar-refractivity contribution >= 4 is 27.4 Å². The van der Waals surface area contributed by atoms with Gasteiger partial charge in [-0.2, -0.15) is 4.31 Å². The summed E-state index contributed by atoms with van der Waals surface area (Å²) in [5.74, 6) is -0.142. The third-order valence-electron chi connectivity index (χ3n) is 6.37. The molecule has 4 rings (SSSR count). The summed E-state index contributed by atoms with van der Waals surface area (Å²) in [6, 6.07) is 8.29. The standard InChI is InChI=1S/C22H25F3N4O4S/c1-27(2)19-18(4-3-12-26-19)34(31,32)28-13-9-21(10-14-28)11-15-29(20(21)30)16-5-7-17(8-6-16)33-22(23,24)25/h3-8,12H,9-11,13-15H2,1-2H3. The van der Waals surface area contributed by atoms with Crippen LogP contribution < -0.4 is 14.5 Å². The number of carbonyl (C=O) groups excluding carboxylic acids is 1. The topological polar surface area (TPSA) is 83.1 Å². The highest BCUT2D eigenvalue weighted by Crippen LogP contribution is 2.44. The molecule has 0 N–H and O–H groups in total. The summed E-state index contributed by atoms with van der Waals surface area (Å²) in [5, 5.41) is 0. The molecule has 2 aliphatic rings. The van der Waals surface area contributed by atoms with E-state index in [-0.39, 0.29) is 29.6 Å². The summed E-state index contributed by atoms with van der Waals surface area (Å²) >= 11 is 0. The van der Waals surface area contributed by atoms with E-state index in [1.807, 2.05) is 0 Å². The summed E-state index contributed by atoms with van der Waals surface area (Å²) in [6.07, 6.45) is -1.96. The maximum atomic E-state index is 13.3. The van der Waals surface area contributed by atoms with Crippen LogP contribution in [0.15, 0.2) is 47.5 Å². The zero-order valence-electron chi connectivity index (χ0n) is 18.7. The van der Waals surface area contributed by atoms with E-state index in [0.717, 1.165) is 0 Å². The Morgan fingerprint density at radius 3 is 2.24 bits per heavy atom. The van der Waals surface area contributed by atoms with Crippen molar-refractivity contribution in [3.05, 3.63) is 42.6 Å². The smallest absolute Gasteiger partial charge is 0.406 e. The van der Waals surface area contributed by atoms with Crippen LogP contribution in [0.2, 0.25) is 0 Å². The molecule has 1 spiro atoms. The molecule has 12 heteroatoms. The Balaban J connectivity index is 1.46. The SMILES string of the molecule is CN(C)c1ncccc1S(=O)(=O)N1CCC2(CCN(c3ccc(OC(F)(F)F)cc3)C2=O)CC1. The number of pyridine rings is 1. The largest absolute Gasteiger partial charge is 0.573 e. The first-order valence-corrected chi connectivity index (χ1v) is 12.2. The van der Waals surface area contributed by atoms with Crippen LogP contribution in [0.5, 0.6) is 5.75 Å². The van der Waals surface area contributed by atoms with Gasteiger partial charge in [0, 0.05) is 45.6 Å². The molecule has 1 aromatic heterocycles. The number of halogens is 3. The zero-order chi connectivity index (χ0) is 24.7. The number of amides is 1. The Kier molecular flexibility index (Phi) is 6.23. The molecule has 0 saturated carbocycles. The van der Waals surface area contributed by atoms with E-state index in [2.05, 4.69) is 9.72 Å². The number of alkyl halides is 3. The van der Waals surface area contributed by atoms with Crippen LogP contribution >= 0.6 is 0 Å². The summed E-state index contributed by atoms with van der Waals surface area (Å²) in [7, 11) is -0.344. The maximum absolute atomic E-state index is 13.3. The van der Waals surface area contributed by atoms with E-state index < -0.39 is 21.8 Å². The van der Waals surface area contributed by atoms with Crippen LogP contribution in [0.3, 0.4) is 0 Å². The number of piperidine rings is 1. The second kappa shape index (κ2) is 8.73. The number of ether oxygens (including phenoxy) is 1. The lowest BCUT2D eigenvalue weighted by molar-refractivity contribution is -0.274. The highest BCUT2D eigenvalue weighted by molar-refractivity contribution is 7.89. The van der Waals surface area contributed by atoms with Crippen molar-refractivity contribution in [3.8, 4) is 5.75 Å². The van der Waals surface area contributed by atoms with Gasteiger partial charge < -0.3 is 14.5 Å². The Morgan fingerprint density at radius 1 is 1.03 bits per heavy atom. The molecule has 2 saturated heterocycles. The van der Waals surface area contributed by atoms with Gasteiger partial charge in [0.05, 0.1) is 5.41 Å². The number of nitrogens with zero attached hydrogens (tertiary/aromatic N) is 4. The van der Waals surface area contributed by atoms with Gasteiger partial charge in [-0.15, -0.1) is 13.2 Å². The molecule has 184 valence electrons. The number of hydrogen-bond acceptors (Lipinski definition) is 6. The lowest BCUT2D eigenvalue weighted by atomic mass is 9.77. The van der Waals surface area contributed by atoms with Crippen LogP contribution in [-0.2, 0) is 14.8 Å². The Bertz CT molecular complexity index is 1160. The number of benzene rings is 1. The minimum Gasteiger partial charge on any atom is -0.406 e. The van der Waals surface area contributed by atoms with Crippen LogP contribution in [0, 0.1) is 5.41 Å². The van der Waals surface area contributed by atoms with Crippen molar-refractivity contribution in [1.82, 2.24) is 9.29 Å². The van der Waals surface area contributed by atoms with Crippen LogP contribution in [0.25, 0.3) is 0 Å². The maximum Gasteiger partial charge on any atom is 0.573 e. The first-order chi connectivity index (χ1) is 15.9. The highest BCUT2D eigenvalue weighted by atomic mass is 32.2. The summed E-state index contributed by atoms with van der Waals surface area (Å²) in [4.78, 5) is 20.8. The fourth-order valence-corrected chi connectivity index (χ4v) is 6.23. The molecule has 2 aliphatic heterocycles. The molecule has 0 unspecified atom stereocenters. The average molecular weight is 499 g/mol. The first-order valence-electron chi connectivity index (χ1n) is 10.7. The summed E-state index contributed by atoms with van der Waals surface area (Å²) in [5.41, 5.74) is -0.204. The van der Waals surface area contributed by atoms with Crippen molar-refractivity contribution < 1.29 is 31.1 Å². The van der Waals surface area contributed by atoms with Crippen molar-refractivity contribution in [3.63, 3.8) is 0 Å². The normalized spacial score (nSPS) is 19.0. The number of hydrogen-bond donors (Lipinski definition) is 0. The number of sulfonamides is 1. The molecule has 0 radical (unpaired) electrons. The molecule has 3 heterocycles. The molecule has 34 heavy (non-hydrogen) atoms. The van der Waals surface area contributed by atoms with Crippen LogP contribution in [0.4, 0.5) is 24.7 Å². The zero-order valence-corrected chi connectivity index (χ0v) is 19.6.